The molecule has 2 bridgehead atoms. The predicted molar refractivity (Wildman–Crippen MR) is 96.7 cm³/mol. The molecule has 140 valence electrons. The number of carbonyl (C=O) groups excluding carboxylic acids is 3. The van der Waals surface area contributed by atoms with Crippen molar-refractivity contribution in [1.82, 2.24) is 10.4 Å². The number of rotatable bonds is 4. The van der Waals surface area contributed by atoms with Crippen molar-refractivity contribution < 1.29 is 19.1 Å². The Morgan fingerprint density at radius 1 is 1.15 bits per heavy atom. The molecule has 1 N–H and O–H groups in total. The lowest BCUT2D eigenvalue weighted by atomic mass is 9.85. The van der Waals surface area contributed by atoms with Gasteiger partial charge >= 0.3 is 0 Å². The Kier molecular flexibility index (Phi) is 3.62. The van der Waals surface area contributed by atoms with Gasteiger partial charge in [-0.2, -0.15) is 5.01 Å². The molecule has 3 fully saturated rings. The van der Waals surface area contributed by atoms with E-state index in [4.69, 9.17) is 27.9 Å². The van der Waals surface area contributed by atoms with Crippen molar-refractivity contribution in [1.29, 1.82) is 0 Å². The third kappa shape index (κ3) is 2.36. The predicted octanol–water partition coefficient (Wildman–Crippen LogP) is 2.60. The molecule has 4 atom stereocenters. The van der Waals surface area contributed by atoms with Gasteiger partial charge in [-0.1, -0.05) is 35.4 Å². The second-order valence-electron chi connectivity index (χ2n) is 7.63. The largest absolute Gasteiger partial charge is 0.482 e. The number of amides is 3. The Balaban J connectivity index is 1.25. The first-order valence-corrected chi connectivity index (χ1v) is 9.61. The summed E-state index contributed by atoms with van der Waals surface area (Å²) in [7, 11) is 0. The molecule has 1 heterocycles. The number of nitrogens with zero attached hydrogens (tertiary/aromatic N) is 1. The van der Waals surface area contributed by atoms with Gasteiger partial charge in [-0.25, -0.2) is 0 Å². The van der Waals surface area contributed by atoms with E-state index in [1.807, 2.05) is 0 Å². The fourth-order valence-corrected chi connectivity index (χ4v) is 5.54. The minimum atomic E-state index is -0.593. The van der Waals surface area contributed by atoms with Crippen LogP contribution >= 0.6 is 23.2 Å². The highest BCUT2D eigenvalue weighted by Crippen LogP contribution is 2.73. The molecule has 1 saturated heterocycles. The molecule has 3 amide bonds. The van der Waals surface area contributed by atoms with Crippen LogP contribution in [0.2, 0.25) is 10.0 Å². The van der Waals surface area contributed by atoms with Gasteiger partial charge in [0.15, 0.2) is 6.61 Å². The molecule has 1 spiro atoms. The van der Waals surface area contributed by atoms with Gasteiger partial charge in [-0.05, 0) is 48.3 Å². The van der Waals surface area contributed by atoms with Gasteiger partial charge < -0.3 is 4.74 Å². The molecule has 6 nitrogen and oxygen atoms in total. The van der Waals surface area contributed by atoms with Crippen molar-refractivity contribution >= 4 is 40.9 Å². The van der Waals surface area contributed by atoms with Gasteiger partial charge in [0.25, 0.3) is 17.7 Å². The SMILES string of the molecule is O=C(COc1ccc(Cl)cc1Cl)NN1C(=O)[C@@H]2[C@H](C1=O)[C@H]1C=C[C@@H]2C12CC2. The third-order valence-corrected chi connectivity index (χ3v) is 6.87. The standard InChI is InChI=1S/C19H16Cl2N2O4/c20-9-1-4-13(12(21)7-9)27-8-14(24)22-23-17(25)15-10-2-3-11(16(15)18(23)26)19(10)5-6-19/h1-4,7,10-11,15-16H,5-6,8H2,(H,22,24)/t10-,11+,15-,16+. The highest BCUT2D eigenvalue weighted by Gasteiger charge is 2.73. The van der Waals surface area contributed by atoms with Crippen LogP contribution in [0, 0.1) is 29.1 Å². The lowest BCUT2D eigenvalue weighted by Crippen LogP contribution is -2.49. The van der Waals surface area contributed by atoms with Crippen LogP contribution < -0.4 is 10.2 Å². The normalized spacial score (nSPS) is 31.6. The number of fused-ring (bicyclic) bond motifs is 3. The van der Waals surface area contributed by atoms with Crippen LogP contribution in [0.25, 0.3) is 0 Å². The van der Waals surface area contributed by atoms with E-state index in [2.05, 4.69) is 17.6 Å². The summed E-state index contributed by atoms with van der Waals surface area (Å²) in [4.78, 5) is 37.8. The second-order valence-corrected chi connectivity index (χ2v) is 8.48. The lowest BCUT2D eigenvalue weighted by Gasteiger charge is -2.22. The Hall–Kier alpha value is -2.05. The zero-order chi connectivity index (χ0) is 18.9. The zero-order valence-electron chi connectivity index (χ0n) is 14.2. The molecule has 1 aromatic rings. The number of hydrogen-bond acceptors (Lipinski definition) is 4. The number of benzene rings is 1. The maximum atomic E-state index is 12.8. The fourth-order valence-electron chi connectivity index (χ4n) is 5.08. The first-order valence-electron chi connectivity index (χ1n) is 8.86. The number of hydrogen-bond donors (Lipinski definition) is 1. The van der Waals surface area contributed by atoms with Gasteiger partial charge in [-0.15, -0.1) is 0 Å². The number of carbonyl (C=O) groups is 3. The molecular weight excluding hydrogens is 391 g/mol. The minimum absolute atomic E-state index is 0.120. The molecule has 8 heteroatoms. The summed E-state index contributed by atoms with van der Waals surface area (Å²) in [5, 5.41) is 1.61. The van der Waals surface area contributed by atoms with E-state index in [-0.39, 0.29) is 52.5 Å². The van der Waals surface area contributed by atoms with Gasteiger partial charge in [0.05, 0.1) is 16.9 Å². The van der Waals surface area contributed by atoms with E-state index in [0.29, 0.717) is 10.8 Å². The zero-order valence-corrected chi connectivity index (χ0v) is 15.7. The average molecular weight is 407 g/mol. The fraction of sp³-hybridized carbons (Fsp3) is 0.421. The van der Waals surface area contributed by atoms with Crippen molar-refractivity contribution in [2.24, 2.45) is 29.1 Å². The summed E-state index contributed by atoms with van der Waals surface area (Å²) in [5.74, 6) is -1.37. The van der Waals surface area contributed by atoms with E-state index >= 15 is 0 Å². The minimum Gasteiger partial charge on any atom is -0.482 e. The van der Waals surface area contributed by atoms with Crippen LogP contribution in [0.4, 0.5) is 0 Å². The van der Waals surface area contributed by atoms with Crippen molar-refractivity contribution in [3.8, 4) is 5.75 Å². The van der Waals surface area contributed by atoms with E-state index in [9.17, 15) is 14.4 Å². The maximum absolute atomic E-state index is 12.8. The number of imide groups is 1. The summed E-state index contributed by atoms with van der Waals surface area (Å²) >= 11 is 11.8. The van der Waals surface area contributed by atoms with Gasteiger partial charge in [0.2, 0.25) is 0 Å². The molecule has 3 aliphatic carbocycles. The summed E-state index contributed by atoms with van der Waals surface area (Å²) in [6.07, 6.45) is 6.32. The van der Waals surface area contributed by atoms with Crippen molar-refractivity contribution in [2.75, 3.05) is 6.61 Å². The monoisotopic (exact) mass is 406 g/mol. The first kappa shape index (κ1) is 17.1. The number of nitrogens with one attached hydrogen (secondary N) is 1. The summed E-state index contributed by atoms with van der Waals surface area (Å²) in [6, 6.07) is 4.64. The third-order valence-electron chi connectivity index (χ3n) is 6.34. The molecule has 0 unspecified atom stereocenters. The Morgan fingerprint density at radius 3 is 2.33 bits per heavy atom. The lowest BCUT2D eigenvalue weighted by molar-refractivity contribution is -0.150. The Bertz CT molecular complexity index is 877. The molecule has 5 rings (SSSR count). The number of halogens is 2. The molecule has 27 heavy (non-hydrogen) atoms. The van der Waals surface area contributed by atoms with Crippen LogP contribution in [0.3, 0.4) is 0 Å². The molecule has 0 radical (unpaired) electrons. The summed E-state index contributed by atoms with van der Waals surface area (Å²) in [6.45, 7) is -0.372. The van der Waals surface area contributed by atoms with E-state index in [1.165, 1.54) is 6.07 Å². The van der Waals surface area contributed by atoms with Crippen molar-refractivity contribution in [2.45, 2.75) is 12.8 Å². The van der Waals surface area contributed by atoms with E-state index < -0.39 is 5.91 Å². The number of ether oxygens (including phenoxy) is 1. The van der Waals surface area contributed by atoms with Crippen molar-refractivity contribution in [3.05, 3.63) is 40.4 Å². The second kappa shape index (κ2) is 5.72. The van der Waals surface area contributed by atoms with Gasteiger partial charge in [-0.3, -0.25) is 19.8 Å². The maximum Gasteiger partial charge on any atom is 0.276 e. The quantitative estimate of drug-likeness (QED) is 0.615. The molecule has 1 aliphatic heterocycles. The van der Waals surface area contributed by atoms with Crippen LogP contribution in [-0.4, -0.2) is 29.3 Å². The molecule has 4 aliphatic rings. The molecule has 2 saturated carbocycles. The van der Waals surface area contributed by atoms with Crippen LogP contribution in [-0.2, 0) is 14.4 Å². The van der Waals surface area contributed by atoms with Crippen LogP contribution in [0.15, 0.2) is 30.4 Å². The summed E-state index contributed by atoms with van der Waals surface area (Å²) in [5.41, 5.74) is 2.53. The molecule has 0 aromatic heterocycles. The first-order chi connectivity index (χ1) is 12.9. The Labute approximate surface area is 165 Å². The number of hydrazine groups is 1. The van der Waals surface area contributed by atoms with Crippen LogP contribution in [0.1, 0.15) is 12.8 Å². The van der Waals surface area contributed by atoms with Gasteiger partial charge in [0, 0.05) is 5.02 Å². The van der Waals surface area contributed by atoms with Crippen LogP contribution in [0.5, 0.6) is 5.75 Å². The average Bonchev–Trinajstić information content (AvgIpc) is 3.24. The number of allylic oxidation sites excluding steroid dienone is 2. The molecular formula is C19H16Cl2N2O4. The van der Waals surface area contributed by atoms with Crippen molar-refractivity contribution in [3.63, 3.8) is 0 Å². The van der Waals surface area contributed by atoms with E-state index in [0.717, 1.165) is 17.9 Å². The topological polar surface area (TPSA) is 75.7 Å². The highest BCUT2D eigenvalue weighted by atomic mass is 35.5. The Morgan fingerprint density at radius 2 is 1.78 bits per heavy atom. The van der Waals surface area contributed by atoms with Gasteiger partial charge in [0.1, 0.15) is 5.75 Å². The van der Waals surface area contributed by atoms with E-state index in [1.54, 1.807) is 12.1 Å². The summed E-state index contributed by atoms with van der Waals surface area (Å²) < 4.78 is 5.36. The highest BCUT2D eigenvalue weighted by molar-refractivity contribution is 6.35. The molecule has 1 aromatic carbocycles. The smallest absolute Gasteiger partial charge is 0.276 e.